The topological polar surface area (TPSA) is 74.3 Å². The highest BCUT2D eigenvalue weighted by Gasteiger charge is 2.28. The van der Waals surface area contributed by atoms with E-state index >= 15 is 0 Å². The van der Waals surface area contributed by atoms with Gasteiger partial charge in [0.1, 0.15) is 5.82 Å². The van der Waals surface area contributed by atoms with Crippen molar-refractivity contribution in [1.82, 2.24) is 15.6 Å². The number of amides is 2. The van der Waals surface area contributed by atoms with Crippen LogP contribution in [0.4, 0.5) is 5.82 Å². The van der Waals surface area contributed by atoms with E-state index in [2.05, 4.69) is 26.6 Å². The van der Waals surface area contributed by atoms with Gasteiger partial charge >= 0.3 is 0 Å². The maximum absolute atomic E-state index is 11.9. The van der Waals surface area contributed by atoms with Gasteiger partial charge in [0.15, 0.2) is 0 Å². The van der Waals surface area contributed by atoms with Crippen molar-refractivity contribution in [2.45, 2.75) is 57.9 Å². The molecule has 2 N–H and O–H groups in total. The fraction of sp³-hybridized carbons (Fsp3) is 0.650. The van der Waals surface area contributed by atoms with Crippen LogP contribution in [0.5, 0.6) is 0 Å². The molecule has 2 aliphatic rings. The van der Waals surface area contributed by atoms with Crippen LogP contribution in [0.2, 0.25) is 0 Å². The Balaban J connectivity index is 1.33. The third kappa shape index (κ3) is 6.00. The zero-order valence-corrected chi connectivity index (χ0v) is 15.5. The highest BCUT2D eigenvalue weighted by atomic mass is 16.2. The van der Waals surface area contributed by atoms with Crippen LogP contribution in [-0.2, 0) is 16.1 Å². The molecule has 0 aromatic carbocycles. The monoisotopic (exact) mass is 358 g/mol. The highest BCUT2D eigenvalue weighted by Crippen LogP contribution is 2.28. The van der Waals surface area contributed by atoms with Crippen LogP contribution >= 0.6 is 0 Å². The number of nitrogens with one attached hydrogen (secondary N) is 2. The maximum atomic E-state index is 11.9. The molecule has 2 amide bonds. The number of anilines is 1. The van der Waals surface area contributed by atoms with Crippen LogP contribution in [0.25, 0.3) is 0 Å². The van der Waals surface area contributed by atoms with E-state index in [4.69, 9.17) is 0 Å². The molecule has 6 nitrogen and oxygen atoms in total. The molecule has 3 rings (SSSR count). The van der Waals surface area contributed by atoms with Crippen molar-refractivity contribution in [3.63, 3.8) is 0 Å². The van der Waals surface area contributed by atoms with Gasteiger partial charge in [0.25, 0.3) is 0 Å². The Morgan fingerprint density at radius 1 is 1.08 bits per heavy atom. The third-order valence-corrected chi connectivity index (χ3v) is 5.06. The van der Waals surface area contributed by atoms with Crippen molar-refractivity contribution in [1.29, 1.82) is 0 Å². The first-order chi connectivity index (χ1) is 12.7. The van der Waals surface area contributed by atoms with Crippen LogP contribution in [0.1, 0.15) is 56.9 Å². The smallest absolute Gasteiger partial charge is 0.223 e. The Labute approximate surface area is 155 Å². The Morgan fingerprint density at radius 2 is 1.85 bits per heavy atom. The second-order valence-electron chi connectivity index (χ2n) is 7.37. The first-order valence-electron chi connectivity index (χ1n) is 9.96. The standard InChI is InChI=1S/C20H30N4O2/c25-19(6-5-11-21-20(26)17-8-9-17)23-15-16-7-10-18(22-14-16)24-12-3-1-2-4-13-24/h7,10,14,17H,1-6,8-9,11-13,15H2,(H,21,26)(H,23,25). The molecule has 0 unspecified atom stereocenters. The van der Waals surface area contributed by atoms with Crippen molar-refractivity contribution in [2.24, 2.45) is 5.92 Å². The summed E-state index contributed by atoms with van der Waals surface area (Å²) >= 11 is 0. The number of hydrogen-bond donors (Lipinski definition) is 2. The van der Waals surface area contributed by atoms with Gasteiger partial charge in [-0.05, 0) is 43.7 Å². The van der Waals surface area contributed by atoms with Crippen LogP contribution in [0, 0.1) is 5.92 Å². The van der Waals surface area contributed by atoms with E-state index in [1.165, 1.54) is 25.7 Å². The molecule has 2 heterocycles. The Hall–Kier alpha value is -2.11. The number of pyridine rings is 1. The third-order valence-electron chi connectivity index (χ3n) is 5.06. The lowest BCUT2D eigenvalue weighted by molar-refractivity contribution is -0.123. The van der Waals surface area contributed by atoms with Gasteiger partial charge in [0.2, 0.25) is 11.8 Å². The molecule has 142 valence electrons. The summed E-state index contributed by atoms with van der Waals surface area (Å²) in [4.78, 5) is 30.3. The second kappa shape index (κ2) is 9.55. The van der Waals surface area contributed by atoms with Crippen molar-refractivity contribution < 1.29 is 9.59 Å². The summed E-state index contributed by atoms with van der Waals surface area (Å²) in [5.74, 6) is 1.42. The lowest BCUT2D eigenvalue weighted by atomic mass is 10.2. The van der Waals surface area contributed by atoms with Gasteiger partial charge in [-0.2, -0.15) is 0 Å². The second-order valence-corrected chi connectivity index (χ2v) is 7.37. The Kier molecular flexibility index (Phi) is 6.86. The number of rotatable bonds is 8. The van der Waals surface area contributed by atoms with E-state index in [1.54, 1.807) is 0 Å². The minimum absolute atomic E-state index is 0.0160. The first kappa shape index (κ1) is 18.7. The van der Waals surface area contributed by atoms with Crippen molar-refractivity contribution in [2.75, 3.05) is 24.5 Å². The molecule has 1 aromatic rings. The van der Waals surface area contributed by atoms with Crippen LogP contribution < -0.4 is 15.5 Å². The van der Waals surface area contributed by atoms with Gasteiger partial charge < -0.3 is 15.5 Å². The lowest BCUT2D eigenvalue weighted by Crippen LogP contribution is -2.28. The van der Waals surface area contributed by atoms with E-state index in [9.17, 15) is 9.59 Å². The average Bonchev–Trinajstić information content (AvgIpc) is 3.51. The summed E-state index contributed by atoms with van der Waals surface area (Å²) < 4.78 is 0. The Morgan fingerprint density at radius 3 is 2.50 bits per heavy atom. The van der Waals surface area contributed by atoms with E-state index in [1.807, 2.05) is 12.3 Å². The van der Waals surface area contributed by atoms with Crippen LogP contribution in [-0.4, -0.2) is 36.4 Å². The van der Waals surface area contributed by atoms with E-state index < -0.39 is 0 Å². The zero-order valence-electron chi connectivity index (χ0n) is 15.5. The van der Waals surface area contributed by atoms with E-state index in [-0.39, 0.29) is 17.7 Å². The number of carbonyl (C=O) groups is 2. The summed E-state index contributed by atoms with van der Waals surface area (Å²) in [6.07, 6.45) is 10.1. The van der Waals surface area contributed by atoms with Gasteiger partial charge in [-0.25, -0.2) is 4.98 Å². The lowest BCUT2D eigenvalue weighted by Gasteiger charge is -2.21. The highest BCUT2D eigenvalue weighted by molar-refractivity contribution is 5.81. The molecule has 0 spiro atoms. The first-order valence-corrected chi connectivity index (χ1v) is 9.96. The van der Waals surface area contributed by atoms with E-state index in [0.29, 0.717) is 25.9 Å². The van der Waals surface area contributed by atoms with Gasteiger partial charge in [0, 0.05) is 44.7 Å². The SMILES string of the molecule is O=C(CCCNC(=O)C1CC1)NCc1ccc(N2CCCCCC2)nc1. The molecule has 1 saturated heterocycles. The molecule has 2 fully saturated rings. The van der Waals surface area contributed by atoms with Gasteiger partial charge in [-0.1, -0.05) is 18.9 Å². The maximum Gasteiger partial charge on any atom is 0.223 e. The number of nitrogens with zero attached hydrogens (tertiary/aromatic N) is 2. The zero-order chi connectivity index (χ0) is 18.2. The van der Waals surface area contributed by atoms with Crippen LogP contribution in [0.3, 0.4) is 0 Å². The summed E-state index contributed by atoms with van der Waals surface area (Å²) in [5, 5.41) is 5.81. The minimum Gasteiger partial charge on any atom is -0.357 e. The number of aromatic nitrogens is 1. The van der Waals surface area contributed by atoms with Crippen molar-refractivity contribution >= 4 is 17.6 Å². The van der Waals surface area contributed by atoms with E-state index in [0.717, 1.165) is 37.3 Å². The minimum atomic E-state index is 0.0160. The quantitative estimate of drug-likeness (QED) is 0.700. The molecular formula is C20H30N4O2. The van der Waals surface area contributed by atoms with Crippen molar-refractivity contribution in [3.8, 4) is 0 Å². The molecule has 0 bridgehead atoms. The molecule has 1 aromatic heterocycles. The molecular weight excluding hydrogens is 328 g/mol. The molecule has 0 radical (unpaired) electrons. The van der Waals surface area contributed by atoms with Crippen LogP contribution in [0.15, 0.2) is 18.3 Å². The summed E-state index contributed by atoms with van der Waals surface area (Å²) in [5.41, 5.74) is 1.01. The number of hydrogen-bond acceptors (Lipinski definition) is 4. The molecule has 1 aliphatic carbocycles. The molecule has 0 atom stereocenters. The molecule has 1 saturated carbocycles. The van der Waals surface area contributed by atoms with Gasteiger partial charge in [-0.15, -0.1) is 0 Å². The predicted octanol–water partition coefficient (Wildman–Crippen LogP) is 2.38. The molecule has 1 aliphatic heterocycles. The normalized spacial score (nSPS) is 17.5. The Bertz CT molecular complexity index is 590. The fourth-order valence-electron chi connectivity index (χ4n) is 3.25. The molecule has 26 heavy (non-hydrogen) atoms. The average molecular weight is 358 g/mol. The summed E-state index contributed by atoms with van der Waals surface area (Å²) in [6.45, 7) is 3.25. The number of carbonyl (C=O) groups excluding carboxylic acids is 2. The largest absolute Gasteiger partial charge is 0.357 e. The fourth-order valence-corrected chi connectivity index (χ4v) is 3.25. The molecule has 6 heteroatoms. The van der Waals surface area contributed by atoms with Gasteiger partial charge in [-0.3, -0.25) is 9.59 Å². The van der Waals surface area contributed by atoms with Gasteiger partial charge in [0.05, 0.1) is 0 Å². The van der Waals surface area contributed by atoms with Crippen molar-refractivity contribution in [3.05, 3.63) is 23.9 Å². The summed E-state index contributed by atoms with van der Waals surface area (Å²) in [7, 11) is 0. The predicted molar refractivity (Wildman–Crippen MR) is 102 cm³/mol. The summed E-state index contributed by atoms with van der Waals surface area (Å²) in [6, 6.07) is 4.10.